The molecule has 1 aromatic carbocycles. The highest BCUT2D eigenvalue weighted by atomic mass is 79.9. The Bertz CT molecular complexity index is 948. The molecule has 6 nitrogen and oxygen atoms in total. The summed E-state index contributed by atoms with van der Waals surface area (Å²) in [5.41, 5.74) is 0.868. The lowest BCUT2D eigenvalue weighted by molar-refractivity contribution is -0.127. The van der Waals surface area contributed by atoms with Gasteiger partial charge in [-0.1, -0.05) is 12.1 Å². The molecule has 0 N–H and O–H groups in total. The molecule has 9 heteroatoms. The first-order valence-corrected chi connectivity index (χ1v) is 11.3. The molecule has 27 heavy (non-hydrogen) atoms. The summed E-state index contributed by atoms with van der Waals surface area (Å²) in [5, 5.41) is 0. The molecule has 1 aromatic heterocycles. The van der Waals surface area contributed by atoms with Crippen LogP contribution < -0.4 is 4.74 Å². The van der Waals surface area contributed by atoms with Gasteiger partial charge in [-0.2, -0.15) is 4.31 Å². The molecule has 0 spiro atoms. The molecule has 1 aliphatic heterocycles. The minimum Gasteiger partial charge on any atom is -0.497 e. The van der Waals surface area contributed by atoms with E-state index in [0.717, 1.165) is 15.1 Å². The van der Waals surface area contributed by atoms with Crippen LogP contribution in [0.1, 0.15) is 5.56 Å². The average Bonchev–Trinajstić information content (AvgIpc) is 3.13. The topological polar surface area (TPSA) is 66.9 Å². The van der Waals surface area contributed by atoms with Crippen molar-refractivity contribution in [3.05, 3.63) is 51.8 Å². The smallest absolute Gasteiger partial charge is 0.252 e. The Kier molecular flexibility index (Phi) is 6.36. The standard InChI is InChI=1S/C18H19BrN2O4S2/c1-25-15-4-2-3-14(13-15)5-7-17(22)20-9-11-21(12-10-20)27(23,24)18-8-6-16(19)26-18/h2-8,13H,9-12H2,1H3/b7-5+. The maximum Gasteiger partial charge on any atom is 0.252 e. The third-order valence-electron chi connectivity index (χ3n) is 4.21. The molecule has 1 amide bonds. The number of sulfonamides is 1. The number of hydrogen-bond donors (Lipinski definition) is 0. The molecule has 0 bridgehead atoms. The van der Waals surface area contributed by atoms with Gasteiger partial charge in [0.1, 0.15) is 9.96 Å². The van der Waals surface area contributed by atoms with Gasteiger partial charge < -0.3 is 9.64 Å². The van der Waals surface area contributed by atoms with Crippen LogP contribution in [-0.2, 0) is 14.8 Å². The van der Waals surface area contributed by atoms with Crippen LogP contribution in [0.2, 0.25) is 0 Å². The quantitative estimate of drug-likeness (QED) is 0.629. The van der Waals surface area contributed by atoms with Crippen LogP contribution >= 0.6 is 27.3 Å². The van der Waals surface area contributed by atoms with E-state index >= 15 is 0 Å². The summed E-state index contributed by atoms with van der Waals surface area (Å²) in [4.78, 5) is 14.1. The van der Waals surface area contributed by atoms with Crippen molar-refractivity contribution >= 4 is 49.3 Å². The first-order chi connectivity index (χ1) is 12.9. The minimum absolute atomic E-state index is 0.131. The van der Waals surface area contributed by atoms with Gasteiger partial charge >= 0.3 is 0 Å². The molecule has 1 saturated heterocycles. The van der Waals surface area contributed by atoms with E-state index in [2.05, 4.69) is 15.9 Å². The molecule has 0 saturated carbocycles. The molecular formula is C18H19BrN2O4S2. The number of hydrogen-bond acceptors (Lipinski definition) is 5. The van der Waals surface area contributed by atoms with E-state index in [1.807, 2.05) is 24.3 Å². The second-order valence-corrected chi connectivity index (χ2v) is 10.5. The molecular weight excluding hydrogens is 452 g/mol. The molecule has 0 atom stereocenters. The Balaban J connectivity index is 1.60. The molecule has 3 rings (SSSR count). The normalized spacial score (nSPS) is 16.0. The van der Waals surface area contributed by atoms with Gasteiger partial charge in [-0.05, 0) is 51.8 Å². The van der Waals surface area contributed by atoms with E-state index in [1.165, 1.54) is 21.7 Å². The highest BCUT2D eigenvalue weighted by Gasteiger charge is 2.30. The van der Waals surface area contributed by atoms with Crippen molar-refractivity contribution in [2.45, 2.75) is 4.21 Å². The number of ether oxygens (including phenoxy) is 1. The van der Waals surface area contributed by atoms with Crippen LogP contribution in [0, 0.1) is 0 Å². The molecule has 2 heterocycles. The Labute approximate surface area is 171 Å². The second-order valence-electron chi connectivity index (χ2n) is 5.90. The van der Waals surface area contributed by atoms with E-state index < -0.39 is 10.0 Å². The Hall–Kier alpha value is -1.68. The summed E-state index contributed by atoms with van der Waals surface area (Å²) in [5.74, 6) is 0.595. The average molecular weight is 471 g/mol. The van der Waals surface area contributed by atoms with Gasteiger partial charge in [0.05, 0.1) is 10.9 Å². The molecule has 0 aliphatic carbocycles. The Morgan fingerprint density at radius 1 is 1.19 bits per heavy atom. The van der Waals surface area contributed by atoms with Gasteiger partial charge in [0.25, 0.3) is 10.0 Å². The summed E-state index contributed by atoms with van der Waals surface area (Å²) in [7, 11) is -1.91. The van der Waals surface area contributed by atoms with E-state index in [4.69, 9.17) is 4.74 Å². The summed E-state index contributed by atoms with van der Waals surface area (Å²) in [6.07, 6.45) is 3.24. The van der Waals surface area contributed by atoms with Crippen molar-refractivity contribution in [2.75, 3.05) is 33.3 Å². The fourth-order valence-corrected chi connectivity index (χ4v) is 6.32. The van der Waals surface area contributed by atoms with Gasteiger partial charge in [-0.3, -0.25) is 4.79 Å². The highest BCUT2D eigenvalue weighted by molar-refractivity contribution is 9.11. The van der Waals surface area contributed by atoms with E-state index in [1.54, 1.807) is 30.2 Å². The lowest BCUT2D eigenvalue weighted by Gasteiger charge is -2.33. The lowest BCUT2D eigenvalue weighted by atomic mass is 10.2. The van der Waals surface area contributed by atoms with Crippen molar-refractivity contribution in [1.82, 2.24) is 9.21 Å². The number of carbonyl (C=O) groups excluding carboxylic acids is 1. The lowest BCUT2D eigenvalue weighted by Crippen LogP contribution is -2.50. The van der Waals surface area contributed by atoms with Crippen molar-refractivity contribution in [3.63, 3.8) is 0 Å². The van der Waals surface area contributed by atoms with Gasteiger partial charge in [-0.15, -0.1) is 11.3 Å². The van der Waals surface area contributed by atoms with Gasteiger partial charge in [0.2, 0.25) is 5.91 Å². The van der Waals surface area contributed by atoms with Crippen LogP contribution in [0.4, 0.5) is 0 Å². The number of rotatable bonds is 5. The fourth-order valence-electron chi connectivity index (χ4n) is 2.73. The number of carbonyl (C=O) groups is 1. The van der Waals surface area contributed by atoms with Crippen LogP contribution in [0.5, 0.6) is 5.75 Å². The van der Waals surface area contributed by atoms with Crippen LogP contribution in [0.25, 0.3) is 6.08 Å². The predicted octanol–water partition coefficient (Wildman–Crippen LogP) is 3.07. The number of thiophene rings is 1. The van der Waals surface area contributed by atoms with Gasteiger partial charge in [0, 0.05) is 32.3 Å². The number of methoxy groups -OCH3 is 1. The zero-order valence-electron chi connectivity index (χ0n) is 14.7. The fraction of sp³-hybridized carbons (Fsp3) is 0.278. The van der Waals surface area contributed by atoms with Crippen LogP contribution in [-0.4, -0.2) is 56.8 Å². The molecule has 144 valence electrons. The van der Waals surface area contributed by atoms with Crippen LogP contribution in [0.3, 0.4) is 0 Å². The largest absolute Gasteiger partial charge is 0.497 e. The Morgan fingerprint density at radius 2 is 1.93 bits per heavy atom. The maximum atomic E-state index is 12.6. The third-order valence-corrected chi connectivity index (χ3v) is 8.19. The van der Waals surface area contributed by atoms with E-state index in [9.17, 15) is 13.2 Å². The van der Waals surface area contributed by atoms with E-state index in [-0.39, 0.29) is 19.0 Å². The summed E-state index contributed by atoms with van der Waals surface area (Å²) in [6.45, 7) is 1.31. The SMILES string of the molecule is COc1cccc(/C=C/C(=O)N2CCN(S(=O)(=O)c3ccc(Br)s3)CC2)c1. The number of halogens is 1. The number of nitrogens with zero attached hydrogens (tertiary/aromatic N) is 2. The monoisotopic (exact) mass is 470 g/mol. The number of benzene rings is 1. The first-order valence-electron chi connectivity index (χ1n) is 8.27. The third kappa shape index (κ3) is 4.78. The maximum absolute atomic E-state index is 12.6. The Morgan fingerprint density at radius 3 is 2.56 bits per heavy atom. The van der Waals surface area contributed by atoms with Gasteiger partial charge in [0.15, 0.2) is 0 Å². The summed E-state index contributed by atoms with van der Waals surface area (Å²) < 4.78 is 33.0. The molecule has 0 radical (unpaired) electrons. The van der Waals surface area contributed by atoms with Crippen molar-refractivity contribution in [1.29, 1.82) is 0 Å². The van der Waals surface area contributed by atoms with E-state index in [0.29, 0.717) is 17.3 Å². The molecule has 0 unspecified atom stereocenters. The van der Waals surface area contributed by atoms with Crippen LogP contribution in [0.15, 0.2) is 50.5 Å². The summed E-state index contributed by atoms with van der Waals surface area (Å²) in [6, 6.07) is 10.7. The zero-order valence-corrected chi connectivity index (χ0v) is 17.9. The molecule has 1 aliphatic rings. The highest BCUT2D eigenvalue weighted by Crippen LogP contribution is 2.29. The van der Waals surface area contributed by atoms with Crippen molar-refractivity contribution < 1.29 is 17.9 Å². The number of piperazine rings is 1. The zero-order chi connectivity index (χ0) is 19.4. The van der Waals surface area contributed by atoms with Gasteiger partial charge in [-0.25, -0.2) is 8.42 Å². The second kappa shape index (κ2) is 8.55. The van der Waals surface area contributed by atoms with Crippen molar-refractivity contribution in [3.8, 4) is 5.75 Å². The minimum atomic E-state index is -3.50. The van der Waals surface area contributed by atoms with Crippen molar-refractivity contribution in [2.24, 2.45) is 0 Å². The predicted molar refractivity (Wildman–Crippen MR) is 109 cm³/mol. The first kappa shape index (κ1) is 20.1. The molecule has 1 fully saturated rings. The summed E-state index contributed by atoms with van der Waals surface area (Å²) >= 11 is 4.48. The number of amides is 1. The molecule has 2 aromatic rings.